The van der Waals surface area contributed by atoms with Crippen LogP contribution < -0.4 is 10.1 Å². The third-order valence-corrected chi connectivity index (χ3v) is 5.66. The van der Waals surface area contributed by atoms with Crippen LogP contribution in [0.1, 0.15) is 66.6 Å². The van der Waals surface area contributed by atoms with Crippen LogP contribution in [0.2, 0.25) is 0 Å². The smallest absolute Gasteiger partial charge is 0.253 e. The predicted molar refractivity (Wildman–Crippen MR) is 106 cm³/mol. The van der Waals surface area contributed by atoms with E-state index in [1.54, 1.807) is 25.4 Å². The number of rotatable bonds is 6. The number of carbonyl (C=O) groups excluding carboxylic acids is 1. The lowest BCUT2D eigenvalue weighted by Gasteiger charge is -2.34. The first-order chi connectivity index (χ1) is 13.1. The Morgan fingerprint density at radius 2 is 2.00 bits per heavy atom. The van der Waals surface area contributed by atoms with Crippen LogP contribution in [-0.4, -0.2) is 29.0 Å². The third kappa shape index (κ3) is 4.85. The van der Waals surface area contributed by atoms with Crippen LogP contribution in [0.3, 0.4) is 0 Å². The standard InChI is InChI=1S/C22H29N3O2/c1-4-19(25-22(26)18-9-10-21(27-3)24-14-18)16-5-7-17(8-6-16)20-13-15(2)11-12-23-20/h9-14,16-17,19H,4-8H2,1-3H3,(H,25,26). The number of hydrogen-bond acceptors (Lipinski definition) is 4. The Bertz CT molecular complexity index is 752. The van der Waals surface area contributed by atoms with Crippen molar-refractivity contribution in [3.63, 3.8) is 0 Å². The number of aryl methyl sites for hydroxylation is 1. The average Bonchev–Trinajstić information content (AvgIpc) is 2.72. The molecule has 1 aliphatic rings. The summed E-state index contributed by atoms with van der Waals surface area (Å²) in [7, 11) is 1.57. The topological polar surface area (TPSA) is 64.1 Å². The number of amides is 1. The summed E-state index contributed by atoms with van der Waals surface area (Å²) < 4.78 is 5.05. The van der Waals surface area contributed by atoms with Crippen molar-refractivity contribution in [2.45, 2.75) is 57.9 Å². The highest BCUT2D eigenvalue weighted by Gasteiger charge is 2.29. The molecule has 0 radical (unpaired) electrons. The van der Waals surface area contributed by atoms with Crippen molar-refractivity contribution < 1.29 is 9.53 Å². The minimum atomic E-state index is -0.0560. The Kier molecular flexibility index (Phi) is 6.43. The van der Waals surface area contributed by atoms with Gasteiger partial charge >= 0.3 is 0 Å². The van der Waals surface area contributed by atoms with E-state index in [2.05, 4.69) is 35.2 Å². The molecule has 5 nitrogen and oxygen atoms in total. The first-order valence-electron chi connectivity index (χ1n) is 9.84. The van der Waals surface area contributed by atoms with Crippen molar-refractivity contribution in [1.29, 1.82) is 0 Å². The number of carbonyl (C=O) groups is 1. The summed E-state index contributed by atoms with van der Waals surface area (Å²) >= 11 is 0. The molecule has 5 heteroatoms. The zero-order valence-corrected chi connectivity index (χ0v) is 16.4. The highest BCUT2D eigenvalue weighted by molar-refractivity contribution is 5.94. The van der Waals surface area contributed by atoms with E-state index in [9.17, 15) is 4.79 Å². The number of ether oxygens (including phenoxy) is 1. The monoisotopic (exact) mass is 367 g/mol. The van der Waals surface area contributed by atoms with Crippen LogP contribution in [0.4, 0.5) is 0 Å². The Morgan fingerprint density at radius 1 is 1.22 bits per heavy atom. The molecule has 1 fully saturated rings. The number of aromatic nitrogens is 2. The van der Waals surface area contributed by atoms with E-state index >= 15 is 0 Å². The summed E-state index contributed by atoms with van der Waals surface area (Å²) in [5.41, 5.74) is 3.07. The molecule has 1 amide bonds. The molecule has 1 atom stereocenters. The molecule has 0 bridgehead atoms. The highest BCUT2D eigenvalue weighted by Crippen LogP contribution is 2.37. The maximum absolute atomic E-state index is 12.6. The van der Waals surface area contributed by atoms with E-state index in [-0.39, 0.29) is 11.9 Å². The van der Waals surface area contributed by atoms with Gasteiger partial charge in [-0.25, -0.2) is 4.98 Å². The summed E-state index contributed by atoms with van der Waals surface area (Å²) in [5.74, 6) is 1.52. The van der Waals surface area contributed by atoms with Gasteiger partial charge in [-0.1, -0.05) is 6.92 Å². The second kappa shape index (κ2) is 8.98. The van der Waals surface area contributed by atoms with Crippen LogP contribution in [0.25, 0.3) is 0 Å². The van der Waals surface area contributed by atoms with E-state index < -0.39 is 0 Å². The third-order valence-electron chi connectivity index (χ3n) is 5.66. The van der Waals surface area contributed by atoms with Gasteiger partial charge in [-0.3, -0.25) is 9.78 Å². The minimum Gasteiger partial charge on any atom is -0.481 e. The quantitative estimate of drug-likeness (QED) is 0.828. The molecule has 1 N–H and O–H groups in total. The SMILES string of the molecule is CCC(NC(=O)c1ccc(OC)nc1)C1CCC(c2cc(C)ccn2)CC1. The Balaban J connectivity index is 1.57. The predicted octanol–water partition coefficient (Wildman–Crippen LogP) is 4.28. The van der Waals surface area contributed by atoms with Crippen LogP contribution in [-0.2, 0) is 0 Å². The van der Waals surface area contributed by atoms with E-state index in [1.807, 2.05) is 12.3 Å². The summed E-state index contributed by atoms with van der Waals surface area (Å²) in [6, 6.07) is 7.93. The average molecular weight is 367 g/mol. The fraction of sp³-hybridized carbons (Fsp3) is 0.500. The molecule has 0 aliphatic heterocycles. The lowest BCUT2D eigenvalue weighted by molar-refractivity contribution is 0.0908. The van der Waals surface area contributed by atoms with Crippen molar-refractivity contribution in [3.8, 4) is 5.88 Å². The molecule has 27 heavy (non-hydrogen) atoms. The number of methoxy groups -OCH3 is 1. The van der Waals surface area contributed by atoms with Crippen molar-refractivity contribution in [2.75, 3.05) is 7.11 Å². The molecular weight excluding hydrogens is 338 g/mol. The molecule has 1 saturated carbocycles. The van der Waals surface area contributed by atoms with Gasteiger partial charge in [0.2, 0.25) is 5.88 Å². The molecule has 1 unspecified atom stereocenters. The molecule has 144 valence electrons. The van der Waals surface area contributed by atoms with Crippen LogP contribution in [0.15, 0.2) is 36.7 Å². The van der Waals surface area contributed by atoms with Gasteiger partial charge in [0.25, 0.3) is 5.91 Å². The molecule has 2 heterocycles. The molecule has 0 aromatic carbocycles. The Hall–Kier alpha value is -2.43. The van der Waals surface area contributed by atoms with Gasteiger partial charge in [-0.15, -0.1) is 0 Å². The normalized spacial score (nSPS) is 20.7. The number of nitrogens with zero attached hydrogens (tertiary/aromatic N) is 2. The van der Waals surface area contributed by atoms with Crippen molar-refractivity contribution in [3.05, 3.63) is 53.5 Å². The zero-order valence-electron chi connectivity index (χ0n) is 16.4. The summed E-state index contributed by atoms with van der Waals surface area (Å²) in [5, 5.41) is 3.22. The second-order valence-electron chi connectivity index (χ2n) is 7.45. The highest BCUT2D eigenvalue weighted by atomic mass is 16.5. The van der Waals surface area contributed by atoms with Crippen molar-refractivity contribution >= 4 is 5.91 Å². The van der Waals surface area contributed by atoms with Crippen LogP contribution in [0.5, 0.6) is 5.88 Å². The maximum Gasteiger partial charge on any atom is 0.253 e. The number of hydrogen-bond donors (Lipinski definition) is 1. The first-order valence-corrected chi connectivity index (χ1v) is 9.84. The largest absolute Gasteiger partial charge is 0.481 e. The lowest BCUT2D eigenvalue weighted by atomic mass is 9.76. The number of nitrogens with one attached hydrogen (secondary N) is 1. The van der Waals surface area contributed by atoms with Gasteiger partial charge < -0.3 is 10.1 Å². The van der Waals surface area contributed by atoms with E-state index in [0.29, 0.717) is 23.3 Å². The van der Waals surface area contributed by atoms with Crippen LogP contribution >= 0.6 is 0 Å². The van der Waals surface area contributed by atoms with Gasteiger partial charge in [0.15, 0.2) is 0 Å². The van der Waals surface area contributed by atoms with E-state index in [4.69, 9.17) is 4.74 Å². The zero-order chi connectivity index (χ0) is 19.2. The molecule has 0 spiro atoms. The molecule has 2 aromatic heterocycles. The fourth-order valence-corrected chi connectivity index (χ4v) is 4.04. The first kappa shape index (κ1) is 19.3. The summed E-state index contributed by atoms with van der Waals surface area (Å²) in [6.45, 7) is 4.26. The van der Waals surface area contributed by atoms with Gasteiger partial charge in [-0.2, -0.15) is 0 Å². The van der Waals surface area contributed by atoms with Gasteiger partial charge in [0.1, 0.15) is 0 Å². The van der Waals surface area contributed by atoms with Gasteiger partial charge in [0, 0.05) is 36.1 Å². The Morgan fingerprint density at radius 3 is 2.59 bits per heavy atom. The number of pyridine rings is 2. The molecular formula is C22H29N3O2. The van der Waals surface area contributed by atoms with E-state index in [1.165, 1.54) is 11.3 Å². The van der Waals surface area contributed by atoms with Crippen LogP contribution in [0, 0.1) is 12.8 Å². The Labute approximate surface area is 161 Å². The summed E-state index contributed by atoms with van der Waals surface area (Å²) in [4.78, 5) is 21.3. The molecule has 3 rings (SSSR count). The van der Waals surface area contributed by atoms with Gasteiger partial charge in [0.05, 0.1) is 12.7 Å². The molecule has 0 saturated heterocycles. The lowest BCUT2D eigenvalue weighted by Crippen LogP contribution is -2.41. The van der Waals surface area contributed by atoms with Crippen molar-refractivity contribution in [2.24, 2.45) is 5.92 Å². The maximum atomic E-state index is 12.6. The van der Waals surface area contributed by atoms with Gasteiger partial charge in [-0.05, 0) is 68.7 Å². The summed E-state index contributed by atoms with van der Waals surface area (Å²) in [6.07, 6.45) is 8.94. The fourth-order valence-electron chi connectivity index (χ4n) is 4.04. The second-order valence-corrected chi connectivity index (χ2v) is 7.45. The molecule has 2 aromatic rings. The van der Waals surface area contributed by atoms with E-state index in [0.717, 1.165) is 32.1 Å². The minimum absolute atomic E-state index is 0.0560. The molecule has 1 aliphatic carbocycles. The van der Waals surface area contributed by atoms with Crippen molar-refractivity contribution in [1.82, 2.24) is 15.3 Å².